The van der Waals surface area contributed by atoms with Gasteiger partial charge >= 0.3 is 0 Å². The molecule has 94 valence electrons. The van der Waals surface area contributed by atoms with Gasteiger partial charge in [0.15, 0.2) is 0 Å². The molecule has 0 aromatic heterocycles. The molecule has 1 atom stereocenters. The maximum absolute atomic E-state index is 5.60. The highest BCUT2D eigenvalue weighted by Crippen LogP contribution is 2.29. The van der Waals surface area contributed by atoms with E-state index in [9.17, 15) is 0 Å². The molecule has 0 aliphatic carbocycles. The minimum absolute atomic E-state index is 0.296. The highest BCUT2D eigenvalue weighted by Gasteiger charge is 2.18. The largest absolute Gasteiger partial charge is 0.251 e. The Hall–Kier alpha value is -0.190. The predicted molar refractivity (Wildman–Crippen MR) is 85.6 cm³/mol. The van der Waals surface area contributed by atoms with Crippen molar-refractivity contribution in [2.45, 2.75) is 26.7 Å². The van der Waals surface area contributed by atoms with Crippen LogP contribution in [0.5, 0.6) is 0 Å². The summed E-state index contributed by atoms with van der Waals surface area (Å²) < 4.78 is 2.19. The molecule has 4 heteroatoms. The monoisotopic (exact) mass is 285 g/mol. The van der Waals surface area contributed by atoms with Gasteiger partial charge < -0.3 is 0 Å². The molecule has 0 aliphatic rings. The van der Waals surface area contributed by atoms with Crippen molar-refractivity contribution in [3.8, 4) is 0 Å². The summed E-state index contributed by atoms with van der Waals surface area (Å²) in [6.07, 6.45) is 0. The van der Waals surface area contributed by atoms with Crippen LogP contribution in [0.15, 0.2) is 30.3 Å². The number of benzene rings is 1. The van der Waals surface area contributed by atoms with Gasteiger partial charge in [0.1, 0.15) is 4.99 Å². The molecule has 0 spiro atoms. The molecule has 1 aromatic carbocycles. The maximum Gasteiger partial charge on any atom is 0.107 e. The Kier molecular flexibility index (Phi) is 7.00. The number of hydrogen-bond acceptors (Lipinski definition) is 3. The van der Waals surface area contributed by atoms with Crippen molar-refractivity contribution < 1.29 is 0 Å². The van der Waals surface area contributed by atoms with Crippen LogP contribution in [0.2, 0.25) is 0 Å². The summed E-state index contributed by atoms with van der Waals surface area (Å²) in [6, 6.07) is 10.5. The third-order valence-electron chi connectivity index (χ3n) is 2.34. The fourth-order valence-corrected chi connectivity index (χ4v) is 3.86. The average Bonchev–Trinajstić information content (AvgIpc) is 2.38. The number of nitrogens with zero attached hydrogens (tertiary/aromatic N) is 1. The van der Waals surface area contributed by atoms with Crippen molar-refractivity contribution in [1.82, 2.24) is 3.71 Å². The second-order valence-electron chi connectivity index (χ2n) is 3.56. The summed E-state index contributed by atoms with van der Waals surface area (Å²) in [5.74, 6) is 2.40. The lowest BCUT2D eigenvalue weighted by Crippen LogP contribution is -2.21. The van der Waals surface area contributed by atoms with E-state index in [0.717, 1.165) is 16.5 Å². The summed E-state index contributed by atoms with van der Waals surface area (Å²) >= 11 is 9.17. The average molecular weight is 286 g/mol. The molecule has 0 N–H and O–H groups in total. The fraction of sp³-hybridized carbons (Fsp3) is 0.462. The maximum atomic E-state index is 5.60. The van der Waals surface area contributed by atoms with Crippen LogP contribution in [0.4, 0.5) is 0 Å². The van der Waals surface area contributed by atoms with Crippen molar-refractivity contribution in [3.63, 3.8) is 0 Å². The van der Waals surface area contributed by atoms with Gasteiger partial charge in [0.25, 0.3) is 0 Å². The molecule has 0 bridgehead atoms. The van der Waals surface area contributed by atoms with Gasteiger partial charge in [-0.05, 0) is 29.5 Å². The highest BCUT2D eigenvalue weighted by molar-refractivity contribution is 8.13. The zero-order valence-electron chi connectivity index (χ0n) is 10.6. The molecule has 0 heterocycles. The summed E-state index contributed by atoms with van der Waals surface area (Å²) in [5.41, 5.74) is 1.29. The quantitative estimate of drug-likeness (QED) is 0.547. The van der Waals surface area contributed by atoms with Crippen LogP contribution >= 0.6 is 36.1 Å². The van der Waals surface area contributed by atoms with E-state index in [4.69, 9.17) is 12.2 Å². The van der Waals surface area contributed by atoms with E-state index >= 15 is 0 Å². The van der Waals surface area contributed by atoms with Crippen LogP contribution in [0.3, 0.4) is 0 Å². The van der Waals surface area contributed by atoms with E-state index in [1.807, 2.05) is 6.07 Å². The Morgan fingerprint density at radius 2 is 1.71 bits per heavy atom. The molecule has 0 amide bonds. The molecular weight excluding hydrogens is 266 g/mol. The van der Waals surface area contributed by atoms with Crippen LogP contribution in [-0.4, -0.2) is 20.2 Å². The Morgan fingerprint density at radius 3 is 2.18 bits per heavy atom. The second kappa shape index (κ2) is 8.01. The molecule has 1 rings (SSSR count). The predicted octanol–water partition coefficient (Wildman–Crippen LogP) is 4.76. The van der Waals surface area contributed by atoms with Gasteiger partial charge in [-0.25, -0.2) is 0 Å². The molecule has 0 radical (unpaired) electrons. The molecule has 1 aromatic rings. The summed E-state index contributed by atoms with van der Waals surface area (Å²) in [5, 5.41) is 0. The highest BCUT2D eigenvalue weighted by atomic mass is 32.2. The third-order valence-corrected chi connectivity index (χ3v) is 5.12. The van der Waals surface area contributed by atoms with E-state index in [1.54, 1.807) is 23.9 Å². The molecule has 17 heavy (non-hydrogen) atoms. The second-order valence-corrected chi connectivity index (χ2v) is 6.61. The van der Waals surface area contributed by atoms with Crippen molar-refractivity contribution in [2.24, 2.45) is 0 Å². The lowest BCUT2D eigenvalue weighted by molar-refractivity contribution is 0.949. The van der Waals surface area contributed by atoms with Gasteiger partial charge in [0.2, 0.25) is 0 Å². The van der Waals surface area contributed by atoms with Crippen LogP contribution in [-0.2, 0) is 0 Å². The first-order chi connectivity index (χ1) is 8.20. The third kappa shape index (κ3) is 4.53. The van der Waals surface area contributed by atoms with Crippen molar-refractivity contribution >= 4 is 41.1 Å². The van der Waals surface area contributed by atoms with Gasteiger partial charge in [-0.3, -0.25) is 3.71 Å². The van der Waals surface area contributed by atoms with E-state index in [2.05, 4.69) is 48.7 Å². The first kappa shape index (κ1) is 14.9. The summed E-state index contributed by atoms with van der Waals surface area (Å²) in [4.78, 5) is 1.01. The minimum atomic E-state index is 0.296. The van der Waals surface area contributed by atoms with Crippen molar-refractivity contribution in [2.75, 3.05) is 11.5 Å². The Balaban J connectivity index is 2.73. The zero-order valence-corrected chi connectivity index (χ0v) is 13.0. The van der Waals surface area contributed by atoms with Gasteiger partial charge in [0.05, 0.1) is 0 Å². The molecule has 0 saturated carbocycles. The van der Waals surface area contributed by atoms with E-state index < -0.39 is 0 Å². The molecule has 0 fully saturated rings. The number of rotatable bonds is 6. The lowest BCUT2D eigenvalue weighted by atomic mass is 10.0. The molecule has 0 saturated heterocycles. The van der Waals surface area contributed by atoms with Crippen LogP contribution in [0.25, 0.3) is 0 Å². The van der Waals surface area contributed by atoms with E-state index in [1.165, 1.54) is 5.56 Å². The van der Waals surface area contributed by atoms with Crippen LogP contribution < -0.4 is 0 Å². The Labute approximate surface area is 119 Å². The van der Waals surface area contributed by atoms with Crippen LogP contribution in [0.1, 0.15) is 32.3 Å². The zero-order chi connectivity index (χ0) is 12.7. The molecule has 1 unspecified atom stereocenters. The van der Waals surface area contributed by atoms with Gasteiger partial charge in [-0.15, -0.1) is 0 Å². The fourth-order valence-electron chi connectivity index (χ4n) is 1.44. The number of thiocarbonyl (C=S) groups is 1. The number of hydrogen-bond donors (Lipinski definition) is 0. The normalized spacial score (nSPS) is 12.2. The smallest absolute Gasteiger partial charge is 0.107 e. The SMILES string of the molecule is CCSN(SCC)C(=S)C(C)c1ccccc1. The first-order valence-electron chi connectivity index (χ1n) is 5.85. The van der Waals surface area contributed by atoms with E-state index in [0.29, 0.717) is 5.92 Å². The Bertz CT molecular complexity index is 334. The summed E-state index contributed by atoms with van der Waals surface area (Å²) in [7, 11) is 0. The van der Waals surface area contributed by atoms with Gasteiger partial charge in [-0.1, -0.05) is 63.3 Å². The first-order valence-corrected chi connectivity index (χ1v) is 8.14. The van der Waals surface area contributed by atoms with Gasteiger partial charge in [0, 0.05) is 17.4 Å². The Morgan fingerprint density at radius 1 is 1.18 bits per heavy atom. The van der Waals surface area contributed by atoms with Crippen molar-refractivity contribution in [1.29, 1.82) is 0 Å². The minimum Gasteiger partial charge on any atom is -0.251 e. The standard InChI is InChI=1S/C13H19NS3/c1-4-16-14(17-5-2)13(15)11(3)12-9-7-6-8-10-12/h6-11H,4-5H2,1-3H3. The molecular formula is C13H19NS3. The van der Waals surface area contributed by atoms with Gasteiger partial charge in [-0.2, -0.15) is 0 Å². The van der Waals surface area contributed by atoms with Crippen LogP contribution in [0, 0.1) is 0 Å². The molecule has 1 nitrogen and oxygen atoms in total. The van der Waals surface area contributed by atoms with E-state index in [-0.39, 0.29) is 0 Å². The summed E-state index contributed by atoms with van der Waals surface area (Å²) in [6.45, 7) is 6.49. The molecule has 0 aliphatic heterocycles. The topological polar surface area (TPSA) is 3.24 Å². The van der Waals surface area contributed by atoms with Crippen molar-refractivity contribution in [3.05, 3.63) is 35.9 Å². The lowest BCUT2D eigenvalue weighted by Gasteiger charge is -2.25.